The van der Waals surface area contributed by atoms with Gasteiger partial charge in [0.25, 0.3) is 11.8 Å². The summed E-state index contributed by atoms with van der Waals surface area (Å²) in [7, 11) is -4.06. The van der Waals surface area contributed by atoms with Crippen LogP contribution in [-0.4, -0.2) is 64.4 Å². The van der Waals surface area contributed by atoms with Gasteiger partial charge in [-0.05, 0) is 79.2 Å². The van der Waals surface area contributed by atoms with Gasteiger partial charge in [-0.25, -0.2) is 18.9 Å². The van der Waals surface area contributed by atoms with Crippen molar-refractivity contribution in [3.63, 3.8) is 0 Å². The predicted octanol–water partition coefficient (Wildman–Crippen LogP) is 5.43. The Balaban J connectivity index is 1.13. The van der Waals surface area contributed by atoms with Crippen molar-refractivity contribution in [3.05, 3.63) is 118 Å². The number of halogens is 2. The van der Waals surface area contributed by atoms with E-state index >= 15 is 0 Å². The van der Waals surface area contributed by atoms with E-state index in [0.29, 0.717) is 11.6 Å². The standard InChI is InChI=1S/C34H33Cl2N5O4S/c35-26-12-9-24(10-13-26)23-38-41-30-21-25(11-14-32(30)46(44,45)31-8-2-1-7-29(31)34(41)43)33(42)37-15-4-16-39-17-19-40(20-18-39)28-6-3-5-27(36)22-28/h1-3,5-14,21-22,38H,4,15-20,23H2,(H,37,42). The number of amides is 2. The number of piperazine rings is 1. The molecule has 0 saturated carbocycles. The van der Waals surface area contributed by atoms with Crippen molar-refractivity contribution in [2.24, 2.45) is 0 Å². The van der Waals surface area contributed by atoms with Crippen LogP contribution in [0.2, 0.25) is 10.0 Å². The van der Waals surface area contributed by atoms with Gasteiger partial charge in [0.2, 0.25) is 9.84 Å². The summed E-state index contributed by atoms with van der Waals surface area (Å²) in [5.74, 6) is -0.891. The molecule has 6 rings (SSSR count). The Morgan fingerprint density at radius 2 is 1.57 bits per heavy atom. The van der Waals surface area contributed by atoms with Gasteiger partial charge in [-0.1, -0.05) is 53.5 Å². The molecule has 4 aromatic carbocycles. The molecule has 2 heterocycles. The third-order valence-electron chi connectivity index (χ3n) is 8.20. The Bertz CT molecular complexity index is 1860. The van der Waals surface area contributed by atoms with Gasteiger partial charge in [0.05, 0.1) is 21.0 Å². The van der Waals surface area contributed by atoms with E-state index in [9.17, 15) is 18.0 Å². The molecule has 0 radical (unpaired) electrons. The van der Waals surface area contributed by atoms with Crippen molar-refractivity contribution in [2.45, 2.75) is 22.8 Å². The maximum absolute atomic E-state index is 13.8. The zero-order chi connectivity index (χ0) is 32.3. The molecule has 0 aromatic heterocycles. The van der Waals surface area contributed by atoms with Crippen LogP contribution in [0.25, 0.3) is 0 Å². The number of fused-ring (bicyclic) bond motifs is 2. The number of nitrogens with one attached hydrogen (secondary N) is 2. The molecular formula is C34H33Cl2N5O4S. The summed E-state index contributed by atoms with van der Waals surface area (Å²) in [6.07, 6.45) is 0.755. The summed E-state index contributed by atoms with van der Waals surface area (Å²) < 4.78 is 27.5. The molecule has 9 nitrogen and oxygen atoms in total. The number of benzene rings is 4. The van der Waals surface area contributed by atoms with Crippen molar-refractivity contribution < 1.29 is 18.0 Å². The maximum Gasteiger partial charge on any atom is 0.274 e. The van der Waals surface area contributed by atoms with Crippen molar-refractivity contribution in [2.75, 3.05) is 49.2 Å². The van der Waals surface area contributed by atoms with Crippen LogP contribution in [-0.2, 0) is 16.4 Å². The Morgan fingerprint density at radius 3 is 2.33 bits per heavy atom. The molecule has 1 saturated heterocycles. The fourth-order valence-corrected chi connectivity index (χ4v) is 7.65. The van der Waals surface area contributed by atoms with E-state index in [1.54, 1.807) is 24.3 Å². The highest BCUT2D eigenvalue weighted by atomic mass is 35.5. The number of carbonyl (C=O) groups excluding carboxylic acids is 2. The van der Waals surface area contributed by atoms with Crippen LogP contribution < -0.4 is 20.7 Å². The van der Waals surface area contributed by atoms with Gasteiger partial charge >= 0.3 is 0 Å². The zero-order valence-electron chi connectivity index (χ0n) is 25.0. The molecule has 0 bridgehead atoms. The number of carbonyl (C=O) groups is 2. The largest absolute Gasteiger partial charge is 0.369 e. The number of hydrogen-bond donors (Lipinski definition) is 2. The average Bonchev–Trinajstić information content (AvgIpc) is 3.13. The molecular weight excluding hydrogens is 645 g/mol. The van der Waals surface area contributed by atoms with Crippen molar-refractivity contribution in [3.8, 4) is 0 Å². The first-order valence-corrected chi connectivity index (χ1v) is 17.3. The molecule has 0 aliphatic carbocycles. The minimum Gasteiger partial charge on any atom is -0.369 e. The topological polar surface area (TPSA) is 102 Å². The van der Waals surface area contributed by atoms with Gasteiger partial charge in [0.1, 0.15) is 0 Å². The van der Waals surface area contributed by atoms with Crippen molar-refractivity contribution in [1.82, 2.24) is 15.6 Å². The van der Waals surface area contributed by atoms with Crippen molar-refractivity contribution in [1.29, 1.82) is 0 Å². The molecule has 238 valence electrons. The van der Waals surface area contributed by atoms with Crippen LogP contribution >= 0.6 is 23.2 Å². The molecule has 2 aliphatic rings. The molecule has 0 unspecified atom stereocenters. The van der Waals surface area contributed by atoms with E-state index in [4.69, 9.17) is 23.2 Å². The minimum absolute atomic E-state index is 0.0432. The van der Waals surface area contributed by atoms with Crippen molar-refractivity contribution >= 4 is 56.2 Å². The molecule has 2 amide bonds. The van der Waals surface area contributed by atoms with Gasteiger partial charge in [-0.2, -0.15) is 0 Å². The van der Waals surface area contributed by atoms with Gasteiger partial charge in [0, 0.05) is 60.6 Å². The lowest BCUT2D eigenvalue weighted by Gasteiger charge is -2.36. The Morgan fingerprint density at radius 1 is 0.804 bits per heavy atom. The Labute approximate surface area is 278 Å². The third-order valence-corrected chi connectivity index (χ3v) is 10.5. The lowest BCUT2D eigenvalue weighted by molar-refractivity contribution is 0.0946. The highest BCUT2D eigenvalue weighted by Crippen LogP contribution is 2.37. The molecule has 2 N–H and O–H groups in total. The average molecular weight is 679 g/mol. The third kappa shape index (κ3) is 6.91. The van der Waals surface area contributed by atoms with Crippen LogP contribution in [0.15, 0.2) is 101 Å². The summed E-state index contributed by atoms with van der Waals surface area (Å²) >= 11 is 12.2. The van der Waals surface area contributed by atoms with Gasteiger partial charge in [-0.3, -0.25) is 14.5 Å². The molecule has 4 aromatic rings. The highest BCUT2D eigenvalue weighted by molar-refractivity contribution is 7.91. The summed E-state index contributed by atoms with van der Waals surface area (Å²) in [4.78, 5) is 31.6. The van der Waals surface area contributed by atoms with E-state index in [2.05, 4.69) is 26.6 Å². The smallest absolute Gasteiger partial charge is 0.274 e. The van der Waals surface area contributed by atoms with Crippen LogP contribution in [0.3, 0.4) is 0 Å². The van der Waals surface area contributed by atoms with E-state index in [1.807, 2.05) is 30.3 Å². The van der Waals surface area contributed by atoms with E-state index in [1.165, 1.54) is 35.3 Å². The normalized spacial score (nSPS) is 16.0. The first-order chi connectivity index (χ1) is 22.2. The summed E-state index contributed by atoms with van der Waals surface area (Å²) in [5, 5.41) is 5.47. The molecule has 12 heteroatoms. The molecule has 0 spiro atoms. The Kier molecular flexibility index (Phi) is 9.62. The fourth-order valence-electron chi connectivity index (χ4n) is 5.73. The first-order valence-electron chi connectivity index (χ1n) is 15.0. The van der Waals surface area contributed by atoms with E-state index in [-0.39, 0.29) is 39.1 Å². The maximum atomic E-state index is 13.8. The van der Waals surface area contributed by atoms with Gasteiger partial charge < -0.3 is 10.2 Å². The number of nitrogens with zero attached hydrogens (tertiary/aromatic N) is 3. The van der Waals surface area contributed by atoms with E-state index < -0.39 is 15.7 Å². The highest BCUT2D eigenvalue weighted by Gasteiger charge is 2.36. The number of anilines is 2. The second-order valence-corrected chi connectivity index (χ2v) is 14.0. The molecule has 1 fully saturated rings. The second kappa shape index (κ2) is 13.8. The number of sulfone groups is 1. The van der Waals surface area contributed by atoms with Gasteiger partial charge in [0.15, 0.2) is 0 Å². The lowest BCUT2D eigenvalue weighted by Crippen LogP contribution is -2.47. The monoisotopic (exact) mass is 677 g/mol. The second-order valence-electron chi connectivity index (χ2n) is 11.2. The molecule has 0 atom stereocenters. The van der Waals surface area contributed by atoms with Crippen LogP contribution in [0, 0.1) is 0 Å². The molecule has 2 aliphatic heterocycles. The SMILES string of the molecule is O=C(NCCCN1CCN(c2cccc(Cl)c2)CC1)c1ccc2c(c1)N(NCc1ccc(Cl)cc1)C(=O)c1ccccc1S2(=O)=O. The predicted molar refractivity (Wildman–Crippen MR) is 180 cm³/mol. The number of hydrogen-bond acceptors (Lipinski definition) is 7. The lowest BCUT2D eigenvalue weighted by atomic mass is 10.1. The number of hydrazine groups is 1. The van der Waals surface area contributed by atoms with Crippen LogP contribution in [0.4, 0.5) is 11.4 Å². The quantitative estimate of drug-likeness (QED) is 0.228. The fraction of sp³-hybridized carbons (Fsp3) is 0.235. The summed E-state index contributed by atoms with van der Waals surface area (Å²) in [6.45, 7) is 5.12. The van der Waals surface area contributed by atoms with Crippen LogP contribution in [0.1, 0.15) is 32.7 Å². The molecule has 46 heavy (non-hydrogen) atoms. The first kappa shape index (κ1) is 32.0. The summed E-state index contributed by atoms with van der Waals surface area (Å²) in [5.41, 5.74) is 5.41. The summed E-state index contributed by atoms with van der Waals surface area (Å²) in [6, 6.07) is 25.4. The van der Waals surface area contributed by atoms with Crippen LogP contribution in [0.5, 0.6) is 0 Å². The minimum atomic E-state index is -4.06. The van der Waals surface area contributed by atoms with E-state index in [0.717, 1.165) is 55.4 Å². The Hall–Kier alpha value is -3.93. The van der Waals surface area contributed by atoms with Gasteiger partial charge in [-0.15, -0.1) is 0 Å². The zero-order valence-corrected chi connectivity index (χ0v) is 27.3. The number of rotatable bonds is 9.